The van der Waals surface area contributed by atoms with Gasteiger partial charge in [-0.1, -0.05) is 54.1 Å². The molecule has 1 amide bonds. The topological polar surface area (TPSA) is 66.5 Å². The Morgan fingerprint density at radius 1 is 0.862 bits per heavy atom. The largest absolute Gasteiger partial charge is 0.326 e. The molecular weight excluding hydrogens is 384 g/mol. The molecule has 0 bridgehead atoms. The van der Waals surface area contributed by atoms with Crippen molar-refractivity contribution < 1.29 is 13.2 Å². The van der Waals surface area contributed by atoms with Crippen LogP contribution in [0.3, 0.4) is 0 Å². The monoisotopic (exact) mass is 408 g/mol. The van der Waals surface area contributed by atoms with Crippen LogP contribution in [0.2, 0.25) is 0 Å². The normalized spacial score (nSPS) is 11.1. The van der Waals surface area contributed by atoms with Crippen molar-refractivity contribution in [1.29, 1.82) is 0 Å². The number of aryl methyl sites for hydroxylation is 2. The fourth-order valence-corrected chi connectivity index (χ4v) is 4.41. The fourth-order valence-electron chi connectivity index (χ4n) is 2.95. The number of carbonyl (C=O) groups is 1. The lowest BCUT2D eigenvalue weighted by molar-refractivity contribution is -0.116. The molecule has 0 spiro atoms. The van der Waals surface area contributed by atoms with E-state index in [2.05, 4.69) is 5.32 Å². The van der Waals surface area contributed by atoms with Gasteiger partial charge >= 0.3 is 0 Å². The zero-order chi connectivity index (χ0) is 20.9. The predicted molar refractivity (Wildman–Crippen MR) is 117 cm³/mol. The second-order valence-electron chi connectivity index (χ2n) is 6.84. The van der Waals surface area contributed by atoms with E-state index < -0.39 is 10.0 Å². The first kappa shape index (κ1) is 20.6. The summed E-state index contributed by atoms with van der Waals surface area (Å²) in [6, 6.07) is 23.0. The molecule has 0 saturated heterocycles. The Kier molecular flexibility index (Phi) is 6.34. The van der Waals surface area contributed by atoms with Crippen LogP contribution in [0.5, 0.6) is 0 Å². The van der Waals surface area contributed by atoms with Crippen molar-refractivity contribution in [2.75, 3.05) is 16.2 Å². The van der Waals surface area contributed by atoms with Gasteiger partial charge in [0.1, 0.15) is 0 Å². The third kappa shape index (κ3) is 5.03. The molecule has 6 heteroatoms. The second-order valence-corrected chi connectivity index (χ2v) is 8.70. The summed E-state index contributed by atoms with van der Waals surface area (Å²) in [7, 11) is -3.79. The van der Waals surface area contributed by atoms with Crippen molar-refractivity contribution in [1.82, 2.24) is 0 Å². The van der Waals surface area contributed by atoms with Gasteiger partial charge in [0.25, 0.3) is 10.0 Å². The number of hydrogen-bond donors (Lipinski definition) is 1. The smallest absolute Gasteiger partial charge is 0.264 e. The Hall–Kier alpha value is -3.12. The summed E-state index contributed by atoms with van der Waals surface area (Å²) in [6.07, 6.45) is 0.0360. The van der Waals surface area contributed by atoms with Crippen molar-refractivity contribution in [2.45, 2.75) is 25.2 Å². The molecule has 3 aromatic rings. The number of nitrogens with one attached hydrogen (secondary N) is 1. The Morgan fingerprint density at radius 3 is 2.14 bits per heavy atom. The number of nitrogens with zero attached hydrogens (tertiary/aromatic N) is 1. The first-order valence-electron chi connectivity index (χ1n) is 9.38. The summed E-state index contributed by atoms with van der Waals surface area (Å²) < 4.78 is 27.8. The van der Waals surface area contributed by atoms with Crippen molar-refractivity contribution >= 4 is 27.3 Å². The fraction of sp³-hybridized carbons (Fsp3) is 0.174. The molecule has 150 valence electrons. The standard InChI is InChI=1S/C23H24N2O3S/c1-18-12-14-21(15-13-18)29(27,28)25(20-9-4-3-5-10-20)17-16-23(26)24-22-11-7-6-8-19(22)2/h3-15H,16-17H2,1-2H3,(H,24,26). The number of rotatable bonds is 7. The number of anilines is 2. The summed E-state index contributed by atoms with van der Waals surface area (Å²) in [6.45, 7) is 3.85. The predicted octanol–water partition coefficient (Wildman–Crippen LogP) is 4.53. The molecule has 0 saturated carbocycles. The summed E-state index contributed by atoms with van der Waals surface area (Å²) in [5.41, 5.74) is 3.18. The van der Waals surface area contributed by atoms with Gasteiger partial charge in [-0.25, -0.2) is 8.42 Å². The van der Waals surface area contributed by atoms with Gasteiger partial charge in [0.05, 0.1) is 10.6 Å². The zero-order valence-corrected chi connectivity index (χ0v) is 17.3. The minimum Gasteiger partial charge on any atom is -0.326 e. The molecule has 0 aliphatic carbocycles. The van der Waals surface area contributed by atoms with Gasteiger partial charge in [-0.15, -0.1) is 0 Å². The summed E-state index contributed by atoms with van der Waals surface area (Å²) in [4.78, 5) is 12.7. The molecule has 0 aliphatic rings. The van der Waals surface area contributed by atoms with E-state index in [4.69, 9.17) is 0 Å². The van der Waals surface area contributed by atoms with E-state index in [9.17, 15) is 13.2 Å². The second kappa shape index (κ2) is 8.92. The average molecular weight is 409 g/mol. The van der Waals surface area contributed by atoms with Crippen molar-refractivity contribution in [3.05, 3.63) is 90.0 Å². The number of para-hydroxylation sites is 2. The van der Waals surface area contributed by atoms with Crippen LogP contribution in [0.25, 0.3) is 0 Å². The van der Waals surface area contributed by atoms with E-state index in [0.717, 1.165) is 16.8 Å². The van der Waals surface area contributed by atoms with Crippen LogP contribution in [0.15, 0.2) is 83.8 Å². The molecule has 1 N–H and O–H groups in total. The third-order valence-electron chi connectivity index (χ3n) is 4.61. The maximum Gasteiger partial charge on any atom is 0.264 e. The lowest BCUT2D eigenvalue weighted by Crippen LogP contribution is -2.34. The van der Waals surface area contributed by atoms with Crippen LogP contribution in [0.1, 0.15) is 17.5 Å². The van der Waals surface area contributed by atoms with E-state index in [-0.39, 0.29) is 23.8 Å². The molecule has 0 fully saturated rings. The van der Waals surface area contributed by atoms with E-state index >= 15 is 0 Å². The first-order chi connectivity index (χ1) is 13.9. The SMILES string of the molecule is Cc1ccc(S(=O)(=O)N(CCC(=O)Nc2ccccc2C)c2ccccc2)cc1. The molecule has 0 aliphatic heterocycles. The van der Waals surface area contributed by atoms with Crippen molar-refractivity contribution in [2.24, 2.45) is 0 Å². The molecule has 0 unspecified atom stereocenters. The Morgan fingerprint density at radius 2 is 1.48 bits per heavy atom. The van der Waals surface area contributed by atoms with Crippen molar-refractivity contribution in [3.63, 3.8) is 0 Å². The highest BCUT2D eigenvalue weighted by atomic mass is 32.2. The van der Waals surface area contributed by atoms with Crippen molar-refractivity contribution in [3.8, 4) is 0 Å². The van der Waals surface area contributed by atoms with E-state index in [0.29, 0.717) is 5.69 Å². The maximum absolute atomic E-state index is 13.3. The lowest BCUT2D eigenvalue weighted by atomic mass is 10.2. The van der Waals surface area contributed by atoms with E-state index in [1.54, 1.807) is 48.5 Å². The van der Waals surface area contributed by atoms with Crippen LogP contribution >= 0.6 is 0 Å². The quantitative estimate of drug-likeness (QED) is 0.625. The molecule has 29 heavy (non-hydrogen) atoms. The van der Waals surface area contributed by atoms with Crippen LogP contribution < -0.4 is 9.62 Å². The molecule has 0 radical (unpaired) electrons. The van der Waals surface area contributed by atoms with E-state index in [1.807, 2.05) is 44.2 Å². The minimum absolute atomic E-state index is 0.0360. The third-order valence-corrected chi connectivity index (χ3v) is 6.46. The number of carbonyl (C=O) groups excluding carboxylic acids is 1. The minimum atomic E-state index is -3.79. The van der Waals surface area contributed by atoms with Crippen LogP contribution in [0.4, 0.5) is 11.4 Å². The first-order valence-corrected chi connectivity index (χ1v) is 10.8. The average Bonchev–Trinajstić information content (AvgIpc) is 2.71. The van der Waals surface area contributed by atoms with Crippen LogP contribution in [-0.2, 0) is 14.8 Å². The maximum atomic E-state index is 13.3. The Bertz CT molecular complexity index is 1080. The highest BCUT2D eigenvalue weighted by Crippen LogP contribution is 2.24. The van der Waals surface area contributed by atoms with Gasteiger partial charge in [-0.2, -0.15) is 0 Å². The van der Waals surface area contributed by atoms with E-state index in [1.165, 1.54) is 4.31 Å². The molecular formula is C23H24N2O3S. The summed E-state index contributed by atoms with van der Waals surface area (Å²) in [5.74, 6) is -0.237. The zero-order valence-electron chi connectivity index (χ0n) is 16.5. The summed E-state index contributed by atoms with van der Waals surface area (Å²) >= 11 is 0. The van der Waals surface area contributed by atoms with Gasteiger partial charge < -0.3 is 5.32 Å². The number of hydrogen-bond acceptors (Lipinski definition) is 3. The Balaban J connectivity index is 1.82. The van der Waals surface area contributed by atoms with Gasteiger partial charge in [0.15, 0.2) is 0 Å². The highest BCUT2D eigenvalue weighted by molar-refractivity contribution is 7.92. The van der Waals surface area contributed by atoms with Crippen LogP contribution in [-0.4, -0.2) is 20.9 Å². The lowest BCUT2D eigenvalue weighted by Gasteiger charge is -2.24. The molecule has 0 aromatic heterocycles. The number of benzene rings is 3. The molecule has 3 rings (SSSR count). The number of amides is 1. The molecule has 3 aromatic carbocycles. The van der Waals surface area contributed by atoms with Gasteiger partial charge in [0.2, 0.25) is 5.91 Å². The number of sulfonamides is 1. The van der Waals surface area contributed by atoms with Gasteiger partial charge in [0, 0.05) is 18.7 Å². The van der Waals surface area contributed by atoms with Crippen LogP contribution in [0, 0.1) is 13.8 Å². The van der Waals surface area contributed by atoms with Gasteiger partial charge in [-0.3, -0.25) is 9.10 Å². The Labute approximate surface area is 172 Å². The molecule has 0 atom stereocenters. The molecule has 0 heterocycles. The van der Waals surface area contributed by atoms with Gasteiger partial charge in [-0.05, 0) is 49.7 Å². The molecule has 5 nitrogen and oxygen atoms in total. The highest BCUT2D eigenvalue weighted by Gasteiger charge is 2.25. The summed E-state index contributed by atoms with van der Waals surface area (Å²) in [5, 5.41) is 2.86.